The monoisotopic (exact) mass is 272 g/mol. The number of rotatable bonds is 2. The van der Waals surface area contributed by atoms with Gasteiger partial charge in [-0.3, -0.25) is 0 Å². The molecular weight excluding hydrogens is 251 g/mol. The van der Waals surface area contributed by atoms with Crippen molar-refractivity contribution in [3.63, 3.8) is 0 Å². The topological polar surface area (TPSA) is 0 Å². The molecule has 0 aromatic carbocycles. The fraction of sp³-hybridized carbons (Fsp3) is 0.500. The van der Waals surface area contributed by atoms with Crippen LogP contribution in [0.2, 0.25) is 0 Å². The van der Waals surface area contributed by atoms with Crippen molar-refractivity contribution in [2.75, 3.05) is 0 Å². The van der Waals surface area contributed by atoms with E-state index in [1.807, 2.05) is 0 Å². The molecule has 0 saturated heterocycles. The molecule has 0 aliphatic heterocycles. The summed E-state index contributed by atoms with van der Waals surface area (Å²) in [6, 6.07) is 0. The van der Waals surface area contributed by atoms with Crippen LogP contribution in [-0.2, 0) is 14.4 Å². The molecule has 17 heavy (non-hydrogen) atoms. The number of hydrogen-bond acceptors (Lipinski definition) is 0. The van der Waals surface area contributed by atoms with Crippen LogP contribution in [0.5, 0.6) is 0 Å². The molecule has 0 radical (unpaired) electrons. The zero-order valence-electron chi connectivity index (χ0n) is 10.4. The Bertz CT molecular complexity index is 311. The molecule has 0 bridgehead atoms. The van der Waals surface area contributed by atoms with E-state index in [9.17, 15) is 0 Å². The molecule has 0 nitrogen and oxygen atoms in total. The van der Waals surface area contributed by atoms with Gasteiger partial charge in [-0.05, 0) is 0 Å². The summed E-state index contributed by atoms with van der Waals surface area (Å²) < 4.78 is 3.13. The molecule has 0 atom stereocenters. The van der Waals surface area contributed by atoms with Gasteiger partial charge in [0, 0.05) is 0 Å². The molecular formula is C16H22Ni. The second kappa shape index (κ2) is 7.72. The first-order chi connectivity index (χ1) is 8.45. The van der Waals surface area contributed by atoms with Gasteiger partial charge < -0.3 is 0 Å². The van der Waals surface area contributed by atoms with Crippen molar-refractivity contribution < 1.29 is 14.4 Å². The van der Waals surface area contributed by atoms with Crippen LogP contribution in [0, 0.1) is 0 Å². The Labute approximate surface area is 111 Å². The number of allylic oxidation sites excluding steroid dienone is 8. The Balaban J connectivity index is 1.97. The van der Waals surface area contributed by atoms with Gasteiger partial charge in [0.2, 0.25) is 0 Å². The Morgan fingerprint density at radius 1 is 0.706 bits per heavy atom. The molecule has 2 aliphatic rings. The van der Waals surface area contributed by atoms with Crippen LogP contribution in [0.1, 0.15) is 51.4 Å². The van der Waals surface area contributed by atoms with E-state index in [-0.39, 0.29) is 0 Å². The summed E-state index contributed by atoms with van der Waals surface area (Å²) >= 11 is 1.81. The van der Waals surface area contributed by atoms with Crippen LogP contribution >= 0.6 is 0 Å². The van der Waals surface area contributed by atoms with Crippen molar-refractivity contribution >= 4 is 0 Å². The molecule has 0 heterocycles. The van der Waals surface area contributed by atoms with E-state index in [2.05, 4.69) is 36.5 Å². The Kier molecular flexibility index (Phi) is 5.86. The van der Waals surface area contributed by atoms with E-state index in [1.54, 1.807) is 23.5 Å². The maximum atomic E-state index is 2.32. The van der Waals surface area contributed by atoms with Crippen LogP contribution in [0.25, 0.3) is 0 Å². The fourth-order valence-corrected chi connectivity index (χ4v) is 3.40. The Morgan fingerprint density at radius 2 is 1.24 bits per heavy atom. The van der Waals surface area contributed by atoms with Crippen molar-refractivity contribution in [2.24, 2.45) is 0 Å². The minimum atomic E-state index is 1.25. The van der Waals surface area contributed by atoms with E-state index < -0.39 is 0 Å². The first-order valence-electron chi connectivity index (χ1n) is 6.75. The van der Waals surface area contributed by atoms with Crippen molar-refractivity contribution in [1.82, 2.24) is 0 Å². The van der Waals surface area contributed by atoms with Gasteiger partial charge in [-0.2, -0.15) is 0 Å². The van der Waals surface area contributed by atoms with Crippen LogP contribution in [0.3, 0.4) is 0 Å². The van der Waals surface area contributed by atoms with Crippen molar-refractivity contribution in [3.05, 3.63) is 45.5 Å². The van der Waals surface area contributed by atoms with Crippen LogP contribution < -0.4 is 0 Å². The quantitative estimate of drug-likeness (QED) is 0.614. The third-order valence-corrected chi connectivity index (χ3v) is 4.51. The van der Waals surface area contributed by atoms with Crippen LogP contribution in [0.4, 0.5) is 0 Å². The molecule has 2 aliphatic carbocycles. The van der Waals surface area contributed by atoms with E-state index >= 15 is 0 Å². The average molecular weight is 273 g/mol. The number of hydrogen-bond donors (Lipinski definition) is 0. The molecule has 0 aromatic heterocycles. The fourth-order valence-electron chi connectivity index (χ4n) is 2.04. The maximum absolute atomic E-state index is 2.32. The van der Waals surface area contributed by atoms with Crippen molar-refractivity contribution in [1.29, 1.82) is 0 Å². The first kappa shape index (κ1) is 12.9. The van der Waals surface area contributed by atoms with Crippen molar-refractivity contribution in [3.8, 4) is 0 Å². The summed E-state index contributed by atoms with van der Waals surface area (Å²) in [4.78, 5) is 0. The molecule has 0 spiro atoms. The first-order valence-corrected chi connectivity index (χ1v) is 7.74. The van der Waals surface area contributed by atoms with Crippen molar-refractivity contribution in [2.45, 2.75) is 51.4 Å². The predicted octanol–water partition coefficient (Wildman–Crippen LogP) is 5.10. The third-order valence-electron chi connectivity index (χ3n) is 3.05. The molecule has 0 amide bonds. The summed E-state index contributed by atoms with van der Waals surface area (Å²) in [5.41, 5.74) is 0. The summed E-state index contributed by atoms with van der Waals surface area (Å²) in [6.45, 7) is 0. The van der Waals surface area contributed by atoms with E-state index in [1.165, 1.54) is 51.4 Å². The zero-order valence-corrected chi connectivity index (χ0v) is 11.4. The summed E-state index contributed by atoms with van der Waals surface area (Å²) in [5, 5.41) is 0. The van der Waals surface area contributed by atoms with Crippen LogP contribution in [-0.4, -0.2) is 0 Å². The third kappa shape index (κ3) is 5.08. The standard InChI is InChI=1S/2C8H11.Ni/c2*1-2-4-6-8-7-5-3-1;/h2*1-3H,4,6-8H2;/b2*2-1-,5-3?;. The molecule has 0 N–H and O–H groups in total. The second-order valence-electron chi connectivity index (χ2n) is 4.57. The average Bonchev–Trinajstić information content (AvgIpc) is 2.24. The van der Waals surface area contributed by atoms with Gasteiger partial charge >= 0.3 is 111 Å². The zero-order chi connectivity index (χ0) is 11.8. The van der Waals surface area contributed by atoms with Gasteiger partial charge in [0.25, 0.3) is 0 Å². The van der Waals surface area contributed by atoms with Gasteiger partial charge in [-0.15, -0.1) is 0 Å². The van der Waals surface area contributed by atoms with Gasteiger partial charge in [0.1, 0.15) is 0 Å². The molecule has 0 aromatic rings. The Morgan fingerprint density at radius 3 is 1.76 bits per heavy atom. The van der Waals surface area contributed by atoms with Crippen LogP contribution in [0.15, 0.2) is 45.5 Å². The summed E-state index contributed by atoms with van der Waals surface area (Å²) in [6.07, 6.45) is 24.2. The summed E-state index contributed by atoms with van der Waals surface area (Å²) in [5.74, 6) is 0. The Hall–Kier alpha value is -0.546. The molecule has 2 rings (SSSR count). The van der Waals surface area contributed by atoms with Gasteiger partial charge in [-0.25, -0.2) is 0 Å². The molecule has 0 fully saturated rings. The minimum absolute atomic E-state index is 1.25. The molecule has 0 saturated carbocycles. The summed E-state index contributed by atoms with van der Waals surface area (Å²) in [7, 11) is 0. The van der Waals surface area contributed by atoms with Gasteiger partial charge in [0.15, 0.2) is 0 Å². The normalized spacial score (nSPS) is 32.0. The van der Waals surface area contributed by atoms with E-state index in [0.29, 0.717) is 0 Å². The molecule has 0 unspecified atom stereocenters. The predicted molar refractivity (Wildman–Crippen MR) is 71.4 cm³/mol. The van der Waals surface area contributed by atoms with E-state index in [0.717, 1.165) is 0 Å². The van der Waals surface area contributed by atoms with Gasteiger partial charge in [0.05, 0.1) is 0 Å². The SMILES string of the molecule is C1=C\CCCC\[C]([Ni]/[C]2=C/C=C\CCCC2)=C/1. The second-order valence-corrected chi connectivity index (χ2v) is 6.09. The van der Waals surface area contributed by atoms with Gasteiger partial charge in [-0.1, -0.05) is 0 Å². The molecule has 96 valence electrons. The molecule has 1 heteroatoms. The van der Waals surface area contributed by atoms with E-state index in [4.69, 9.17) is 0 Å².